The quantitative estimate of drug-likeness (QED) is 0.711. The van der Waals surface area contributed by atoms with Crippen LogP contribution in [0.1, 0.15) is 11.1 Å². The highest BCUT2D eigenvalue weighted by atomic mass is 19.4. The van der Waals surface area contributed by atoms with Crippen molar-refractivity contribution in [2.75, 3.05) is 0 Å². The highest BCUT2D eigenvalue weighted by Crippen LogP contribution is 2.38. The molecule has 0 spiro atoms. The van der Waals surface area contributed by atoms with Gasteiger partial charge in [-0.25, -0.2) is 0 Å². The summed E-state index contributed by atoms with van der Waals surface area (Å²) in [5.74, 6) is -1.76. The van der Waals surface area contributed by atoms with Crippen molar-refractivity contribution >= 4 is 0 Å². The Morgan fingerprint density at radius 3 is 2.00 bits per heavy atom. The second-order valence-electron chi connectivity index (χ2n) is 4.42. The van der Waals surface area contributed by atoms with Crippen LogP contribution in [-0.2, 0) is 6.18 Å². The Morgan fingerprint density at radius 1 is 0.833 bits per heavy atom. The largest absolute Gasteiger partial charge is 0.573 e. The van der Waals surface area contributed by atoms with Gasteiger partial charge >= 0.3 is 12.5 Å². The van der Waals surface area contributed by atoms with Gasteiger partial charge in [-0.05, 0) is 30.3 Å². The van der Waals surface area contributed by atoms with Crippen LogP contribution in [-0.4, -0.2) is 6.36 Å². The summed E-state index contributed by atoms with van der Waals surface area (Å²) >= 11 is 0. The zero-order chi connectivity index (χ0) is 18.0. The van der Waals surface area contributed by atoms with E-state index < -0.39 is 35.4 Å². The fourth-order valence-electron chi connectivity index (χ4n) is 1.74. The molecule has 0 heterocycles. The molecule has 126 valence electrons. The predicted molar refractivity (Wildman–Crippen MR) is 69.4 cm³/mol. The lowest BCUT2D eigenvalue weighted by Gasteiger charge is -2.15. The van der Waals surface area contributed by atoms with E-state index in [1.165, 1.54) is 12.1 Å². The van der Waals surface area contributed by atoms with E-state index in [0.717, 1.165) is 18.2 Å². The number of hydrogen-bond donors (Lipinski definition) is 0. The molecule has 0 amide bonds. The van der Waals surface area contributed by atoms with Crippen molar-refractivity contribution < 1.29 is 35.8 Å². The molecule has 0 N–H and O–H groups in total. The lowest BCUT2D eigenvalue weighted by atomic mass is 10.1. The number of benzene rings is 2. The van der Waals surface area contributed by atoms with Crippen LogP contribution in [0.4, 0.5) is 26.3 Å². The van der Waals surface area contributed by atoms with Gasteiger partial charge in [0.1, 0.15) is 11.8 Å². The molecule has 0 aliphatic carbocycles. The smallest absolute Gasteiger partial charge is 0.452 e. The van der Waals surface area contributed by atoms with Crippen molar-refractivity contribution in [1.82, 2.24) is 0 Å². The number of rotatable bonds is 3. The Balaban J connectivity index is 2.43. The number of nitriles is 1. The van der Waals surface area contributed by atoms with Gasteiger partial charge in [-0.15, -0.1) is 13.2 Å². The summed E-state index contributed by atoms with van der Waals surface area (Å²) in [5.41, 5.74) is -1.38. The third-order valence-electron chi connectivity index (χ3n) is 2.72. The molecule has 0 aliphatic rings. The van der Waals surface area contributed by atoms with Crippen LogP contribution >= 0.6 is 0 Å². The molecule has 0 atom stereocenters. The van der Waals surface area contributed by atoms with Gasteiger partial charge in [0.2, 0.25) is 0 Å². The maximum atomic E-state index is 12.7. The normalized spacial score (nSPS) is 11.7. The maximum absolute atomic E-state index is 12.7. The van der Waals surface area contributed by atoms with Gasteiger partial charge in [-0.3, -0.25) is 0 Å². The molecule has 9 heteroatoms. The van der Waals surface area contributed by atoms with E-state index in [0.29, 0.717) is 12.1 Å². The summed E-state index contributed by atoms with van der Waals surface area (Å²) in [7, 11) is 0. The Morgan fingerprint density at radius 2 is 1.46 bits per heavy atom. The van der Waals surface area contributed by atoms with Crippen molar-refractivity contribution in [3.63, 3.8) is 0 Å². The van der Waals surface area contributed by atoms with E-state index in [1.807, 2.05) is 0 Å². The minimum absolute atomic E-state index is 0.273. The molecular weight excluding hydrogens is 340 g/mol. The van der Waals surface area contributed by atoms with Gasteiger partial charge in [-0.1, -0.05) is 12.1 Å². The van der Waals surface area contributed by atoms with Gasteiger partial charge in [-0.2, -0.15) is 18.4 Å². The molecule has 0 bridgehead atoms. The highest BCUT2D eigenvalue weighted by molar-refractivity contribution is 5.50. The minimum Gasteiger partial charge on any atom is -0.452 e. The molecule has 2 aromatic carbocycles. The second kappa shape index (κ2) is 6.31. The van der Waals surface area contributed by atoms with Crippen LogP contribution in [0.2, 0.25) is 0 Å². The molecule has 2 rings (SSSR count). The average Bonchev–Trinajstić information content (AvgIpc) is 2.47. The molecule has 0 unspecified atom stereocenters. The summed E-state index contributed by atoms with van der Waals surface area (Å²) in [4.78, 5) is 0. The number of alkyl halides is 6. The molecule has 2 aromatic rings. The number of hydrogen-bond acceptors (Lipinski definition) is 3. The predicted octanol–water partition coefficient (Wildman–Crippen LogP) is 5.27. The molecule has 24 heavy (non-hydrogen) atoms. The molecule has 0 aromatic heterocycles. The van der Waals surface area contributed by atoms with E-state index in [9.17, 15) is 26.3 Å². The van der Waals surface area contributed by atoms with Crippen LogP contribution in [0.3, 0.4) is 0 Å². The second-order valence-corrected chi connectivity index (χ2v) is 4.42. The van der Waals surface area contributed by atoms with Crippen LogP contribution < -0.4 is 9.47 Å². The van der Waals surface area contributed by atoms with E-state index in [1.54, 1.807) is 6.07 Å². The Kier molecular flexibility index (Phi) is 4.59. The average molecular weight is 347 g/mol. The zero-order valence-electron chi connectivity index (χ0n) is 11.6. The van der Waals surface area contributed by atoms with E-state index in [2.05, 4.69) is 4.74 Å². The van der Waals surface area contributed by atoms with Gasteiger partial charge in [0.15, 0.2) is 11.5 Å². The highest BCUT2D eigenvalue weighted by Gasteiger charge is 2.33. The first-order valence-electron chi connectivity index (χ1n) is 6.24. The summed E-state index contributed by atoms with van der Waals surface area (Å²) in [5, 5.41) is 8.92. The van der Waals surface area contributed by atoms with Gasteiger partial charge < -0.3 is 9.47 Å². The first kappa shape index (κ1) is 17.5. The Labute approximate surface area is 131 Å². The maximum Gasteiger partial charge on any atom is 0.573 e. The standard InChI is InChI=1S/C15H7F6NO2/c16-14(17,18)10-6-5-9(8-22)13(7-10)23-11-3-1-2-4-12(11)24-15(19,20)21/h1-7H. The Bertz CT molecular complexity index is 777. The Hall–Kier alpha value is -2.89. The number of ether oxygens (including phenoxy) is 2. The summed E-state index contributed by atoms with van der Waals surface area (Å²) in [6.07, 6.45) is -9.71. The lowest BCUT2D eigenvalue weighted by molar-refractivity contribution is -0.275. The summed E-state index contributed by atoms with van der Waals surface area (Å²) in [6.45, 7) is 0. The van der Waals surface area contributed by atoms with Crippen molar-refractivity contribution in [2.24, 2.45) is 0 Å². The van der Waals surface area contributed by atoms with Crippen LogP contribution in [0, 0.1) is 11.3 Å². The molecule has 0 saturated carbocycles. The van der Waals surface area contributed by atoms with Crippen LogP contribution in [0.15, 0.2) is 42.5 Å². The number of para-hydroxylation sites is 2. The van der Waals surface area contributed by atoms with Gasteiger partial charge in [0.25, 0.3) is 0 Å². The van der Waals surface area contributed by atoms with E-state index >= 15 is 0 Å². The molecule has 3 nitrogen and oxygen atoms in total. The third kappa shape index (κ3) is 4.32. The van der Waals surface area contributed by atoms with Gasteiger partial charge in [0.05, 0.1) is 11.1 Å². The monoisotopic (exact) mass is 347 g/mol. The number of halogens is 6. The van der Waals surface area contributed by atoms with Crippen molar-refractivity contribution in [3.05, 3.63) is 53.6 Å². The van der Waals surface area contributed by atoms with Crippen molar-refractivity contribution in [2.45, 2.75) is 12.5 Å². The first-order valence-corrected chi connectivity index (χ1v) is 6.24. The summed E-state index contributed by atoms with van der Waals surface area (Å²) in [6, 6.07) is 8.21. The lowest BCUT2D eigenvalue weighted by Crippen LogP contribution is -2.17. The molecule has 0 radical (unpaired) electrons. The molecule has 0 aliphatic heterocycles. The SMILES string of the molecule is N#Cc1ccc(C(F)(F)F)cc1Oc1ccccc1OC(F)(F)F. The number of nitrogens with zero attached hydrogens (tertiary/aromatic N) is 1. The topological polar surface area (TPSA) is 42.2 Å². The fraction of sp³-hybridized carbons (Fsp3) is 0.133. The van der Waals surface area contributed by atoms with Crippen LogP contribution in [0.5, 0.6) is 17.2 Å². The third-order valence-corrected chi connectivity index (χ3v) is 2.72. The summed E-state index contributed by atoms with van der Waals surface area (Å²) < 4.78 is 84.0. The van der Waals surface area contributed by atoms with Crippen molar-refractivity contribution in [1.29, 1.82) is 5.26 Å². The molecular formula is C15H7F6NO2. The molecule has 0 saturated heterocycles. The van der Waals surface area contributed by atoms with E-state index in [-0.39, 0.29) is 5.56 Å². The van der Waals surface area contributed by atoms with Gasteiger partial charge in [0, 0.05) is 0 Å². The van der Waals surface area contributed by atoms with Crippen molar-refractivity contribution in [3.8, 4) is 23.3 Å². The van der Waals surface area contributed by atoms with Crippen LogP contribution in [0.25, 0.3) is 0 Å². The van der Waals surface area contributed by atoms with E-state index in [4.69, 9.17) is 10.00 Å². The fourth-order valence-corrected chi connectivity index (χ4v) is 1.74. The minimum atomic E-state index is -5.01. The molecule has 0 fully saturated rings. The zero-order valence-corrected chi connectivity index (χ0v) is 11.6. The first-order chi connectivity index (χ1) is 11.1.